The highest BCUT2D eigenvalue weighted by Crippen LogP contribution is 2.75. The first-order valence-corrected chi connectivity index (χ1v) is 15.3. The zero-order valence-electron chi connectivity index (χ0n) is 29.0. The van der Waals surface area contributed by atoms with E-state index in [0.717, 1.165) is 0 Å². The second-order valence-corrected chi connectivity index (χ2v) is 10.4. The van der Waals surface area contributed by atoms with Crippen LogP contribution in [-0.4, -0.2) is 93.0 Å². The van der Waals surface area contributed by atoms with Crippen LogP contribution in [-0.2, 0) is 38.1 Å². The van der Waals surface area contributed by atoms with Gasteiger partial charge < -0.3 is 47.4 Å². The van der Waals surface area contributed by atoms with E-state index in [-0.39, 0.29) is 72.1 Å². The molecule has 0 N–H and O–H groups in total. The van der Waals surface area contributed by atoms with E-state index in [2.05, 4.69) is 0 Å². The molecule has 0 aromatic heterocycles. The zero-order valence-corrected chi connectivity index (χ0v) is 29.0. The van der Waals surface area contributed by atoms with E-state index in [0.29, 0.717) is 0 Å². The topological polar surface area (TPSA) is 161 Å². The Morgan fingerprint density at radius 2 is 0.688 bits per heavy atom. The molecule has 2 aromatic rings. The third-order valence-corrected chi connectivity index (χ3v) is 8.31. The predicted molar refractivity (Wildman–Crippen MR) is 169 cm³/mol. The summed E-state index contributed by atoms with van der Waals surface area (Å²) in [6.45, 7) is 5.60. The molecule has 0 aliphatic heterocycles. The molecule has 0 heterocycles. The van der Waals surface area contributed by atoms with Crippen LogP contribution in [0.1, 0.15) is 50.7 Å². The Kier molecular flexibility index (Phi) is 12.4. The zero-order chi connectivity index (χ0) is 35.8. The van der Waals surface area contributed by atoms with Gasteiger partial charge in [0.25, 0.3) is 0 Å². The molecule has 1 saturated carbocycles. The van der Waals surface area contributed by atoms with E-state index in [1.807, 2.05) is 0 Å². The van der Waals surface area contributed by atoms with Crippen LogP contribution in [0.15, 0.2) is 24.3 Å². The van der Waals surface area contributed by atoms with Crippen LogP contribution in [0.4, 0.5) is 0 Å². The summed E-state index contributed by atoms with van der Waals surface area (Å²) in [5.41, 5.74) is -4.62. The molecule has 1 fully saturated rings. The first-order valence-electron chi connectivity index (χ1n) is 15.3. The van der Waals surface area contributed by atoms with Gasteiger partial charge in [-0.15, -0.1) is 0 Å². The summed E-state index contributed by atoms with van der Waals surface area (Å²) in [7, 11) is 8.27. The van der Waals surface area contributed by atoms with Crippen LogP contribution in [0.25, 0.3) is 0 Å². The molecule has 0 unspecified atom stereocenters. The van der Waals surface area contributed by atoms with Gasteiger partial charge in [-0.05, 0) is 63.1 Å². The maximum Gasteiger partial charge on any atom is 0.324 e. The van der Waals surface area contributed by atoms with E-state index >= 15 is 0 Å². The minimum absolute atomic E-state index is 0.0930. The highest BCUT2D eigenvalue weighted by Gasteiger charge is 2.86. The standard InChI is InChI=1S/C34H44O14/c1-11-45-29(35)33(30(36)46-12-2)27(19-15-21(39-5)25(43-9)22(16-19)40-6)34(31(37)47-13-3,32(38)48-14-4)28(33)20-17-23(41-7)26(44-10)24(18-20)42-8/h15-18,27-28H,11-14H2,1-10H3. The average Bonchev–Trinajstić information content (AvgIpc) is 3.07. The second kappa shape index (κ2) is 15.8. The molecule has 264 valence electrons. The largest absolute Gasteiger partial charge is 0.493 e. The van der Waals surface area contributed by atoms with Crippen molar-refractivity contribution in [2.24, 2.45) is 10.8 Å². The summed E-state index contributed by atoms with van der Waals surface area (Å²) in [6.07, 6.45) is 0. The van der Waals surface area contributed by atoms with Crippen LogP contribution in [0.3, 0.4) is 0 Å². The molecule has 1 aliphatic carbocycles. The van der Waals surface area contributed by atoms with Crippen molar-refractivity contribution in [1.29, 1.82) is 0 Å². The molecule has 0 bridgehead atoms. The fourth-order valence-corrected chi connectivity index (χ4v) is 6.65. The fraction of sp³-hybridized carbons (Fsp3) is 0.529. The highest BCUT2D eigenvalue weighted by molar-refractivity contribution is 6.15. The summed E-state index contributed by atoms with van der Waals surface area (Å²) >= 11 is 0. The Hall–Kier alpha value is -4.88. The first-order chi connectivity index (χ1) is 23.0. The average molecular weight is 677 g/mol. The maximum absolute atomic E-state index is 14.5. The van der Waals surface area contributed by atoms with Crippen molar-refractivity contribution >= 4 is 23.9 Å². The van der Waals surface area contributed by atoms with E-state index in [1.54, 1.807) is 27.7 Å². The van der Waals surface area contributed by atoms with Gasteiger partial charge in [0, 0.05) is 11.8 Å². The molecule has 14 heteroatoms. The minimum Gasteiger partial charge on any atom is -0.493 e. The van der Waals surface area contributed by atoms with Crippen molar-refractivity contribution in [3.8, 4) is 34.5 Å². The van der Waals surface area contributed by atoms with Crippen molar-refractivity contribution in [1.82, 2.24) is 0 Å². The summed E-state index contributed by atoms with van der Waals surface area (Å²) in [6, 6.07) is 5.77. The molecule has 14 nitrogen and oxygen atoms in total. The van der Waals surface area contributed by atoms with Crippen molar-refractivity contribution in [2.75, 3.05) is 69.1 Å². The molecule has 48 heavy (non-hydrogen) atoms. The van der Waals surface area contributed by atoms with Crippen molar-refractivity contribution in [3.05, 3.63) is 35.4 Å². The number of benzene rings is 2. The van der Waals surface area contributed by atoms with E-state index in [4.69, 9.17) is 47.4 Å². The van der Waals surface area contributed by atoms with Crippen LogP contribution in [0.5, 0.6) is 34.5 Å². The Balaban J connectivity index is 2.72. The third kappa shape index (κ3) is 5.77. The molecule has 0 atom stereocenters. The van der Waals surface area contributed by atoms with Gasteiger partial charge in [0.1, 0.15) is 0 Å². The Labute approximate surface area is 279 Å². The lowest BCUT2D eigenvalue weighted by Crippen LogP contribution is -2.74. The summed E-state index contributed by atoms with van der Waals surface area (Å²) < 4.78 is 55.7. The maximum atomic E-state index is 14.5. The smallest absolute Gasteiger partial charge is 0.324 e. The minimum atomic E-state index is -2.40. The SMILES string of the molecule is CCOC(=O)C1(C(=O)OCC)C(c2cc(OC)c(OC)c(OC)c2)C(C(=O)OCC)(C(=O)OCC)C1c1cc(OC)c(OC)c(OC)c1. The molecular formula is C34H44O14. The van der Waals surface area contributed by atoms with Crippen LogP contribution in [0.2, 0.25) is 0 Å². The van der Waals surface area contributed by atoms with Crippen LogP contribution in [0, 0.1) is 10.8 Å². The molecule has 2 aromatic carbocycles. The van der Waals surface area contributed by atoms with Gasteiger partial charge in [0.15, 0.2) is 33.8 Å². The first kappa shape index (κ1) is 37.6. The lowest BCUT2D eigenvalue weighted by Gasteiger charge is -2.61. The number of hydrogen-bond donors (Lipinski definition) is 0. The van der Waals surface area contributed by atoms with E-state index in [1.165, 1.54) is 66.9 Å². The van der Waals surface area contributed by atoms with Gasteiger partial charge in [-0.25, -0.2) is 0 Å². The third-order valence-electron chi connectivity index (χ3n) is 8.31. The highest BCUT2D eigenvalue weighted by atomic mass is 16.6. The normalized spacial score (nSPS) is 17.1. The van der Waals surface area contributed by atoms with Crippen LogP contribution >= 0.6 is 0 Å². The van der Waals surface area contributed by atoms with E-state index < -0.39 is 46.5 Å². The molecule has 0 amide bonds. The Morgan fingerprint density at radius 1 is 0.458 bits per heavy atom. The van der Waals surface area contributed by atoms with Gasteiger partial charge in [0.2, 0.25) is 11.5 Å². The van der Waals surface area contributed by atoms with E-state index in [9.17, 15) is 19.2 Å². The molecule has 0 radical (unpaired) electrons. The number of carbonyl (C=O) groups excluding carboxylic acids is 4. The number of carbonyl (C=O) groups is 4. The molecular weight excluding hydrogens is 632 g/mol. The van der Waals surface area contributed by atoms with Crippen molar-refractivity contribution in [2.45, 2.75) is 39.5 Å². The monoisotopic (exact) mass is 676 g/mol. The van der Waals surface area contributed by atoms with Gasteiger partial charge in [-0.2, -0.15) is 0 Å². The number of esters is 4. The number of rotatable bonds is 16. The van der Waals surface area contributed by atoms with Crippen molar-refractivity contribution < 1.29 is 66.5 Å². The molecule has 3 rings (SSSR count). The summed E-state index contributed by atoms with van der Waals surface area (Å²) in [4.78, 5) is 58.2. The van der Waals surface area contributed by atoms with Crippen LogP contribution < -0.4 is 28.4 Å². The molecule has 0 spiro atoms. The number of ether oxygens (including phenoxy) is 10. The second-order valence-electron chi connectivity index (χ2n) is 10.4. The lowest BCUT2D eigenvalue weighted by molar-refractivity contribution is -0.219. The van der Waals surface area contributed by atoms with Crippen molar-refractivity contribution in [3.63, 3.8) is 0 Å². The van der Waals surface area contributed by atoms with Gasteiger partial charge >= 0.3 is 23.9 Å². The quantitative estimate of drug-likeness (QED) is 0.143. The van der Waals surface area contributed by atoms with Gasteiger partial charge in [-0.3, -0.25) is 19.2 Å². The predicted octanol–water partition coefficient (Wildman–Crippen LogP) is 3.84. The molecule has 1 aliphatic rings. The Bertz CT molecular complexity index is 1290. The lowest BCUT2D eigenvalue weighted by atomic mass is 9.35. The summed E-state index contributed by atoms with van der Waals surface area (Å²) in [5, 5.41) is 0. The van der Waals surface area contributed by atoms with Gasteiger partial charge in [-0.1, -0.05) is 0 Å². The number of methoxy groups -OCH3 is 6. The number of hydrogen-bond acceptors (Lipinski definition) is 14. The fourth-order valence-electron chi connectivity index (χ4n) is 6.65. The summed E-state index contributed by atoms with van der Waals surface area (Å²) in [5.74, 6) is -6.74. The Morgan fingerprint density at radius 3 is 0.854 bits per heavy atom. The molecule has 0 saturated heterocycles. The van der Waals surface area contributed by atoms with Gasteiger partial charge in [0.05, 0.1) is 69.1 Å².